The summed E-state index contributed by atoms with van der Waals surface area (Å²) < 4.78 is 31.4. The first kappa shape index (κ1) is 21.5. The molecule has 7 heteroatoms. The lowest BCUT2D eigenvalue weighted by Gasteiger charge is -2.32. The minimum atomic E-state index is -0.521. The molecule has 0 radical (unpaired) electrons. The second-order valence-corrected chi connectivity index (χ2v) is 8.36. The van der Waals surface area contributed by atoms with Crippen LogP contribution in [-0.2, 0) is 15.9 Å². The third-order valence-corrected chi connectivity index (χ3v) is 5.96. The van der Waals surface area contributed by atoms with Crippen LogP contribution in [-0.4, -0.2) is 48.3 Å². The Balaban J connectivity index is 1.49. The van der Waals surface area contributed by atoms with Gasteiger partial charge in [-0.05, 0) is 41.3 Å². The Labute approximate surface area is 180 Å². The largest absolute Gasteiger partial charge is 0.485 e. The van der Waals surface area contributed by atoms with Crippen LogP contribution in [0.4, 0.5) is 4.39 Å². The highest BCUT2D eigenvalue weighted by molar-refractivity contribution is 6.31. The molecule has 0 amide bonds. The average molecular weight is 437 g/mol. The molecule has 2 aromatic carbocycles. The van der Waals surface area contributed by atoms with Crippen molar-refractivity contribution in [1.82, 2.24) is 0 Å². The number of hydrogen-bond donors (Lipinski definition) is 2. The minimum absolute atomic E-state index is 0.106. The molecule has 5 nitrogen and oxygen atoms in total. The van der Waals surface area contributed by atoms with Gasteiger partial charge in [-0.3, -0.25) is 0 Å². The topological polar surface area (TPSA) is 68.2 Å². The lowest BCUT2D eigenvalue weighted by atomic mass is 9.94. The molecule has 30 heavy (non-hydrogen) atoms. The molecule has 0 bridgehead atoms. The number of aliphatic hydroxyl groups excluding tert-OH is 2. The molecule has 0 aliphatic carbocycles. The van der Waals surface area contributed by atoms with Gasteiger partial charge in [0.1, 0.15) is 6.10 Å². The molecule has 0 saturated carbocycles. The fourth-order valence-corrected chi connectivity index (χ4v) is 4.19. The van der Waals surface area contributed by atoms with Crippen LogP contribution in [0.1, 0.15) is 42.1 Å². The van der Waals surface area contributed by atoms with E-state index >= 15 is 0 Å². The summed E-state index contributed by atoms with van der Waals surface area (Å²) in [5.74, 6) is -0.176. The van der Waals surface area contributed by atoms with E-state index in [1.165, 1.54) is 6.07 Å². The zero-order chi connectivity index (χ0) is 21.1. The number of benzene rings is 2. The molecule has 2 aliphatic heterocycles. The maximum Gasteiger partial charge on any atom is 0.165 e. The molecule has 2 N–H and O–H groups in total. The smallest absolute Gasteiger partial charge is 0.165 e. The van der Waals surface area contributed by atoms with Crippen molar-refractivity contribution < 1.29 is 28.8 Å². The Bertz CT molecular complexity index is 871. The third-order valence-electron chi connectivity index (χ3n) is 5.60. The first-order valence-electron chi connectivity index (χ1n) is 10.3. The van der Waals surface area contributed by atoms with Gasteiger partial charge < -0.3 is 24.4 Å². The van der Waals surface area contributed by atoms with Gasteiger partial charge in [-0.15, -0.1) is 0 Å². The van der Waals surface area contributed by atoms with Gasteiger partial charge in [0.2, 0.25) is 0 Å². The Kier molecular flexibility index (Phi) is 6.91. The highest BCUT2D eigenvalue weighted by Gasteiger charge is 2.29. The van der Waals surface area contributed by atoms with E-state index in [0.29, 0.717) is 37.5 Å². The highest BCUT2D eigenvalue weighted by atomic mass is 35.5. The van der Waals surface area contributed by atoms with E-state index in [1.54, 1.807) is 12.1 Å². The van der Waals surface area contributed by atoms with Crippen molar-refractivity contribution in [2.45, 2.75) is 50.1 Å². The van der Waals surface area contributed by atoms with Crippen molar-refractivity contribution in [3.63, 3.8) is 0 Å². The lowest BCUT2D eigenvalue weighted by Crippen LogP contribution is -2.33. The first-order chi connectivity index (χ1) is 14.5. The molecule has 4 unspecified atom stereocenters. The summed E-state index contributed by atoms with van der Waals surface area (Å²) in [4.78, 5) is 0. The number of aliphatic hydroxyl groups is 2. The number of rotatable bonds is 6. The molecule has 2 heterocycles. The SMILES string of the molecule is OCC1CC(O)CC(c2ccc(Cl)c(Cc3ccc(OC4CCOC4)c(F)c3)c2)O1. The van der Waals surface area contributed by atoms with E-state index in [0.717, 1.165) is 23.1 Å². The van der Waals surface area contributed by atoms with Gasteiger partial charge in [0.05, 0.1) is 38.1 Å². The van der Waals surface area contributed by atoms with Crippen LogP contribution in [0.25, 0.3) is 0 Å². The van der Waals surface area contributed by atoms with Crippen LogP contribution in [0.15, 0.2) is 36.4 Å². The fraction of sp³-hybridized carbons (Fsp3) is 0.478. The summed E-state index contributed by atoms with van der Waals surface area (Å²) in [6.07, 6.45) is 0.773. The molecular weight excluding hydrogens is 411 g/mol. The molecule has 2 aliphatic rings. The Morgan fingerprint density at radius 3 is 2.77 bits per heavy atom. The van der Waals surface area contributed by atoms with E-state index < -0.39 is 11.9 Å². The van der Waals surface area contributed by atoms with Crippen LogP contribution in [0, 0.1) is 5.82 Å². The predicted molar refractivity (Wildman–Crippen MR) is 110 cm³/mol. The summed E-state index contributed by atoms with van der Waals surface area (Å²) in [6, 6.07) is 10.5. The van der Waals surface area contributed by atoms with Crippen LogP contribution in [0.3, 0.4) is 0 Å². The van der Waals surface area contributed by atoms with Crippen LogP contribution in [0.2, 0.25) is 5.02 Å². The van der Waals surface area contributed by atoms with Crippen molar-refractivity contribution in [1.29, 1.82) is 0 Å². The number of ether oxygens (including phenoxy) is 3. The molecule has 0 aromatic heterocycles. The minimum Gasteiger partial charge on any atom is -0.485 e. The quantitative estimate of drug-likeness (QED) is 0.720. The van der Waals surface area contributed by atoms with Gasteiger partial charge in [0.25, 0.3) is 0 Å². The van der Waals surface area contributed by atoms with Crippen molar-refractivity contribution in [3.05, 3.63) is 63.9 Å². The van der Waals surface area contributed by atoms with Crippen molar-refractivity contribution in [2.75, 3.05) is 19.8 Å². The number of hydrogen-bond acceptors (Lipinski definition) is 5. The first-order valence-corrected chi connectivity index (χ1v) is 10.6. The van der Waals surface area contributed by atoms with E-state index in [9.17, 15) is 14.6 Å². The van der Waals surface area contributed by atoms with Crippen LogP contribution in [0.5, 0.6) is 5.75 Å². The average Bonchev–Trinajstić information content (AvgIpc) is 3.24. The van der Waals surface area contributed by atoms with Gasteiger partial charge >= 0.3 is 0 Å². The summed E-state index contributed by atoms with van der Waals surface area (Å²) in [6.45, 7) is 0.993. The van der Waals surface area contributed by atoms with Crippen LogP contribution < -0.4 is 4.74 Å². The van der Waals surface area contributed by atoms with Crippen LogP contribution >= 0.6 is 11.6 Å². The maximum atomic E-state index is 14.5. The van der Waals surface area contributed by atoms with Gasteiger partial charge in [-0.2, -0.15) is 0 Å². The van der Waals surface area contributed by atoms with E-state index in [2.05, 4.69) is 0 Å². The second kappa shape index (κ2) is 9.62. The lowest BCUT2D eigenvalue weighted by molar-refractivity contribution is -0.113. The monoisotopic (exact) mass is 436 g/mol. The van der Waals surface area contributed by atoms with Gasteiger partial charge in [0.15, 0.2) is 11.6 Å². The van der Waals surface area contributed by atoms with E-state index in [-0.39, 0.29) is 30.7 Å². The molecule has 4 atom stereocenters. The summed E-state index contributed by atoms with van der Waals surface area (Å²) in [7, 11) is 0. The molecular formula is C23H26ClFO5. The molecule has 162 valence electrons. The van der Waals surface area contributed by atoms with E-state index in [4.69, 9.17) is 25.8 Å². The normalized spacial score (nSPS) is 26.7. The van der Waals surface area contributed by atoms with Crippen molar-refractivity contribution in [2.24, 2.45) is 0 Å². The zero-order valence-corrected chi connectivity index (χ0v) is 17.4. The Morgan fingerprint density at radius 1 is 1.17 bits per heavy atom. The Morgan fingerprint density at radius 2 is 2.03 bits per heavy atom. The summed E-state index contributed by atoms with van der Waals surface area (Å²) in [5.41, 5.74) is 2.50. The van der Waals surface area contributed by atoms with E-state index in [1.807, 2.05) is 18.2 Å². The van der Waals surface area contributed by atoms with Gasteiger partial charge in [0, 0.05) is 24.3 Å². The van der Waals surface area contributed by atoms with Gasteiger partial charge in [-0.25, -0.2) is 4.39 Å². The van der Waals surface area contributed by atoms with Crippen molar-refractivity contribution in [3.8, 4) is 5.75 Å². The zero-order valence-electron chi connectivity index (χ0n) is 16.6. The molecule has 2 aromatic rings. The standard InChI is InChI=1S/C23H26ClFO5/c24-20-3-2-15(23-11-17(27)10-19(12-26)30-23)9-16(20)7-14-1-4-22(21(25)8-14)29-18-5-6-28-13-18/h1-4,8-9,17-19,23,26-27H,5-7,10-13H2. The Hall–Kier alpha value is -1.70. The fourth-order valence-electron chi connectivity index (χ4n) is 4.01. The van der Waals surface area contributed by atoms with Crippen molar-refractivity contribution >= 4 is 11.6 Å². The summed E-state index contributed by atoms with van der Waals surface area (Å²) >= 11 is 6.39. The summed E-state index contributed by atoms with van der Waals surface area (Å²) in [5, 5.41) is 20.1. The third kappa shape index (κ3) is 5.13. The number of halogens is 2. The highest BCUT2D eigenvalue weighted by Crippen LogP contribution is 2.34. The molecule has 4 rings (SSSR count). The predicted octanol–water partition coefficient (Wildman–Crippen LogP) is 3.81. The second-order valence-electron chi connectivity index (χ2n) is 7.95. The van der Waals surface area contributed by atoms with Gasteiger partial charge in [-0.1, -0.05) is 29.8 Å². The molecule has 0 spiro atoms. The maximum absolute atomic E-state index is 14.5. The molecule has 2 saturated heterocycles. The molecule has 2 fully saturated rings.